The zero-order chi connectivity index (χ0) is 14.5. The summed E-state index contributed by atoms with van der Waals surface area (Å²) >= 11 is 7.49. The van der Waals surface area contributed by atoms with Gasteiger partial charge < -0.3 is 14.7 Å². The Balaban J connectivity index is 0.00000220. The minimum atomic E-state index is 0. The number of rotatable bonds is 4. The number of aliphatic imine (C=N–C) groups is 1. The average molecular weight is 442 g/mol. The number of aryl methyl sites for hydroxylation is 1. The standard InChI is InChI=1S/C12H16ClN5OS.HI/c1-8-16-11(17-19-8)6-15-12(14-2)18(3)7-9-4-5-10(13)20-9;/h4-5H,6-7H2,1-3H3,(H,14,15);1H. The number of nitrogens with zero attached hydrogens (tertiary/aromatic N) is 4. The molecule has 9 heteroatoms. The van der Waals surface area contributed by atoms with E-state index < -0.39 is 0 Å². The van der Waals surface area contributed by atoms with Crippen molar-refractivity contribution >= 4 is 52.9 Å². The second-order valence-electron chi connectivity index (χ2n) is 4.19. The van der Waals surface area contributed by atoms with Crippen LogP contribution in [0.2, 0.25) is 4.34 Å². The van der Waals surface area contributed by atoms with E-state index in [1.807, 2.05) is 24.1 Å². The van der Waals surface area contributed by atoms with Gasteiger partial charge in [0.25, 0.3) is 0 Å². The highest BCUT2D eigenvalue weighted by atomic mass is 127. The second kappa shape index (κ2) is 8.54. The van der Waals surface area contributed by atoms with Crippen molar-refractivity contribution in [3.05, 3.63) is 33.1 Å². The minimum absolute atomic E-state index is 0. The largest absolute Gasteiger partial charge is 0.349 e. The van der Waals surface area contributed by atoms with Gasteiger partial charge in [-0.2, -0.15) is 4.98 Å². The van der Waals surface area contributed by atoms with Crippen LogP contribution in [0.5, 0.6) is 0 Å². The van der Waals surface area contributed by atoms with Gasteiger partial charge in [-0.05, 0) is 12.1 Å². The van der Waals surface area contributed by atoms with E-state index in [-0.39, 0.29) is 24.0 Å². The van der Waals surface area contributed by atoms with Crippen molar-refractivity contribution in [2.45, 2.75) is 20.0 Å². The molecule has 2 rings (SSSR count). The Labute approximate surface area is 149 Å². The second-order valence-corrected chi connectivity index (χ2v) is 5.99. The lowest BCUT2D eigenvalue weighted by Gasteiger charge is -2.20. The van der Waals surface area contributed by atoms with Crippen LogP contribution in [0.3, 0.4) is 0 Å². The molecule has 0 radical (unpaired) electrons. The van der Waals surface area contributed by atoms with Crippen molar-refractivity contribution in [3.8, 4) is 0 Å². The molecule has 0 aliphatic heterocycles. The molecule has 0 unspecified atom stereocenters. The first-order chi connectivity index (χ1) is 9.58. The molecule has 0 fully saturated rings. The van der Waals surface area contributed by atoms with Gasteiger partial charge in [-0.1, -0.05) is 16.8 Å². The normalized spacial score (nSPS) is 11.1. The van der Waals surface area contributed by atoms with Crippen molar-refractivity contribution < 1.29 is 4.52 Å². The molecular weight excluding hydrogens is 425 g/mol. The smallest absolute Gasteiger partial charge is 0.223 e. The highest BCUT2D eigenvalue weighted by Crippen LogP contribution is 2.22. The molecule has 0 aliphatic rings. The van der Waals surface area contributed by atoms with Crippen LogP contribution in [0.15, 0.2) is 21.6 Å². The van der Waals surface area contributed by atoms with E-state index in [0.29, 0.717) is 18.3 Å². The summed E-state index contributed by atoms with van der Waals surface area (Å²) in [5, 5.41) is 7.02. The monoisotopic (exact) mass is 441 g/mol. The van der Waals surface area contributed by atoms with Crippen LogP contribution >= 0.6 is 46.9 Å². The maximum atomic E-state index is 5.93. The molecule has 0 saturated carbocycles. The third-order valence-electron chi connectivity index (χ3n) is 2.57. The van der Waals surface area contributed by atoms with Gasteiger partial charge in [0.05, 0.1) is 17.4 Å². The molecule has 2 aromatic rings. The fourth-order valence-corrected chi connectivity index (χ4v) is 2.84. The number of aromatic nitrogens is 2. The van der Waals surface area contributed by atoms with Gasteiger partial charge in [-0.25, -0.2) is 0 Å². The summed E-state index contributed by atoms with van der Waals surface area (Å²) in [6.07, 6.45) is 0. The van der Waals surface area contributed by atoms with E-state index in [2.05, 4.69) is 20.4 Å². The van der Waals surface area contributed by atoms with Crippen LogP contribution in [-0.2, 0) is 13.1 Å². The average Bonchev–Trinajstić information content (AvgIpc) is 2.99. The van der Waals surface area contributed by atoms with Gasteiger partial charge in [0, 0.05) is 25.9 Å². The topological polar surface area (TPSA) is 66.5 Å². The summed E-state index contributed by atoms with van der Waals surface area (Å²) < 4.78 is 5.71. The van der Waals surface area contributed by atoms with Crippen LogP contribution < -0.4 is 5.32 Å². The van der Waals surface area contributed by atoms with Crippen LogP contribution in [0, 0.1) is 6.92 Å². The molecule has 1 N–H and O–H groups in total. The van der Waals surface area contributed by atoms with Crippen LogP contribution in [0.4, 0.5) is 0 Å². The van der Waals surface area contributed by atoms with E-state index in [1.165, 1.54) is 4.88 Å². The van der Waals surface area contributed by atoms with Crippen LogP contribution in [-0.4, -0.2) is 35.1 Å². The summed E-state index contributed by atoms with van der Waals surface area (Å²) in [4.78, 5) is 11.5. The van der Waals surface area contributed by atoms with Crippen molar-refractivity contribution in [1.82, 2.24) is 20.4 Å². The highest BCUT2D eigenvalue weighted by molar-refractivity contribution is 14.0. The fraction of sp³-hybridized carbons (Fsp3) is 0.417. The first kappa shape index (κ1) is 18.2. The van der Waals surface area contributed by atoms with Gasteiger partial charge in [0.15, 0.2) is 11.8 Å². The molecule has 0 bridgehead atoms. The van der Waals surface area contributed by atoms with E-state index in [0.717, 1.165) is 16.8 Å². The molecule has 116 valence electrons. The number of hydrogen-bond donors (Lipinski definition) is 1. The molecule has 6 nitrogen and oxygen atoms in total. The molecule has 2 aromatic heterocycles. The third-order valence-corrected chi connectivity index (χ3v) is 3.79. The Morgan fingerprint density at radius 3 is 2.81 bits per heavy atom. The summed E-state index contributed by atoms with van der Waals surface area (Å²) in [5.41, 5.74) is 0. The van der Waals surface area contributed by atoms with Crippen LogP contribution in [0.1, 0.15) is 16.6 Å². The molecule has 2 heterocycles. The number of halogens is 2. The predicted molar refractivity (Wildman–Crippen MR) is 95.4 cm³/mol. The zero-order valence-electron chi connectivity index (χ0n) is 12.0. The SMILES string of the molecule is CN=C(NCc1noc(C)n1)N(C)Cc1ccc(Cl)s1.I. The van der Waals surface area contributed by atoms with Crippen molar-refractivity contribution in [2.24, 2.45) is 4.99 Å². The zero-order valence-corrected chi connectivity index (χ0v) is 15.9. The molecule has 0 aliphatic carbocycles. The van der Waals surface area contributed by atoms with Gasteiger partial charge >= 0.3 is 0 Å². The van der Waals surface area contributed by atoms with E-state index in [9.17, 15) is 0 Å². The molecular formula is C12H17ClIN5OS. The first-order valence-electron chi connectivity index (χ1n) is 6.03. The van der Waals surface area contributed by atoms with Gasteiger partial charge in [0.1, 0.15) is 0 Å². The van der Waals surface area contributed by atoms with E-state index in [4.69, 9.17) is 16.1 Å². The lowest BCUT2D eigenvalue weighted by atomic mass is 10.4. The quantitative estimate of drug-likeness (QED) is 0.449. The van der Waals surface area contributed by atoms with Gasteiger partial charge in [-0.15, -0.1) is 35.3 Å². The molecule has 21 heavy (non-hydrogen) atoms. The number of hydrogen-bond acceptors (Lipinski definition) is 5. The Morgan fingerprint density at radius 1 is 1.52 bits per heavy atom. The first-order valence-corrected chi connectivity index (χ1v) is 7.23. The number of thiophene rings is 1. The summed E-state index contributed by atoms with van der Waals surface area (Å²) in [7, 11) is 3.70. The van der Waals surface area contributed by atoms with Crippen LogP contribution in [0.25, 0.3) is 0 Å². The summed E-state index contributed by atoms with van der Waals surface area (Å²) in [5.74, 6) is 1.92. The highest BCUT2D eigenvalue weighted by Gasteiger charge is 2.09. The Bertz CT molecular complexity index is 600. The van der Waals surface area contributed by atoms with Crippen molar-refractivity contribution in [3.63, 3.8) is 0 Å². The maximum absolute atomic E-state index is 5.93. The minimum Gasteiger partial charge on any atom is -0.349 e. The van der Waals surface area contributed by atoms with E-state index in [1.54, 1.807) is 25.3 Å². The van der Waals surface area contributed by atoms with Gasteiger partial charge in [0.2, 0.25) is 5.89 Å². The van der Waals surface area contributed by atoms with Gasteiger partial charge in [-0.3, -0.25) is 4.99 Å². The molecule has 0 spiro atoms. The summed E-state index contributed by atoms with van der Waals surface area (Å²) in [6.45, 7) is 2.97. The lowest BCUT2D eigenvalue weighted by Crippen LogP contribution is -2.38. The summed E-state index contributed by atoms with van der Waals surface area (Å²) in [6, 6.07) is 3.91. The molecule has 0 saturated heterocycles. The third kappa shape index (κ3) is 5.44. The Morgan fingerprint density at radius 2 is 2.29 bits per heavy atom. The van der Waals surface area contributed by atoms with E-state index >= 15 is 0 Å². The van der Waals surface area contributed by atoms with Crippen molar-refractivity contribution in [1.29, 1.82) is 0 Å². The molecule has 0 aromatic carbocycles. The van der Waals surface area contributed by atoms with Crippen molar-refractivity contribution in [2.75, 3.05) is 14.1 Å². The Kier molecular flexibility index (Phi) is 7.40. The fourth-order valence-electron chi connectivity index (χ4n) is 1.70. The number of nitrogens with one attached hydrogen (secondary N) is 1. The Hall–Kier alpha value is -0.870. The maximum Gasteiger partial charge on any atom is 0.223 e. The molecule has 0 amide bonds. The lowest BCUT2D eigenvalue weighted by molar-refractivity contribution is 0.386. The number of guanidine groups is 1. The predicted octanol–water partition coefficient (Wildman–Crippen LogP) is 2.92. The molecule has 0 atom stereocenters.